The quantitative estimate of drug-likeness (QED) is 0.629. The van der Waals surface area contributed by atoms with Gasteiger partial charge in [-0.1, -0.05) is 13.8 Å². The third-order valence-electron chi connectivity index (χ3n) is 1.81. The van der Waals surface area contributed by atoms with Crippen LogP contribution >= 0.6 is 11.8 Å². The summed E-state index contributed by atoms with van der Waals surface area (Å²) in [6, 6.07) is 7.20. The Morgan fingerprint density at radius 3 is 2.47 bits per heavy atom. The summed E-state index contributed by atoms with van der Waals surface area (Å²) >= 11 is 1.10. The zero-order valence-electron chi connectivity index (χ0n) is 8.65. The predicted octanol–water partition coefficient (Wildman–Crippen LogP) is 2.85. The molecule has 0 spiro atoms. The van der Waals surface area contributed by atoms with E-state index in [-0.39, 0.29) is 11.8 Å². The van der Waals surface area contributed by atoms with Gasteiger partial charge in [0.05, 0.1) is 0 Å². The molecule has 0 aromatic heterocycles. The van der Waals surface area contributed by atoms with E-state index in [4.69, 9.17) is 5.26 Å². The number of thiocyanates is 1. The lowest BCUT2D eigenvalue weighted by molar-refractivity contribution is -0.118. The first kappa shape index (κ1) is 11.6. The van der Waals surface area contributed by atoms with E-state index in [0.29, 0.717) is 0 Å². The average molecular weight is 220 g/mol. The highest BCUT2D eigenvalue weighted by Crippen LogP contribution is 2.19. The number of hydrogen-bond donors (Lipinski definition) is 1. The maximum absolute atomic E-state index is 11.4. The van der Waals surface area contributed by atoms with Crippen LogP contribution in [0.2, 0.25) is 0 Å². The van der Waals surface area contributed by atoms with Crippen LogP contribution in [-0.2, 0) is 4.79 Å². The highest BCUT2D eigenvalue weighted by molar-refractivity contribution is 8.03. The average Bonchev–Trinajstić information content (AvgIpc) is 2.21. The summed E-state index contributed by atoms with van der Waals surface area (Å²) in [5.74, 6) is -0.0335. The number of nitrogens with one attached hydrogen (secondary N) is 1. The molecule has 0 saturated heterocycles. The van der Waals surface area contributed by atoms with Crippen LogP contribution in [0.4, 0.5) is 5.69 Å². The molecule has 0 unspecified atom stereocenters. The Morgan fingerprint density at radius 1 is 1.40 bits per heavy atom. The summed E-state index contributed by atoms with van der Waals surface area (Å²) in [5.41, 5.74) is 0.760. The molecule has 1 amide bonds. The fourth-order valence-corrected chi connectivity index (χ4v) is 1.32. The SMILES string of the molecule is CC(C)C(=O)Nc1ccc(SC#N)cc1. The van der Waals surface area contributed by atoms with Gasteiger partial charge in [0.1, 0.15) is 5.40 Å². The second-order valence-electron chi connectivity index (χ2n) is 3.36. The van der Waals surface area contributed by atoms with Crippen molar-refractivity contribution in [2.24, 2.45) is 5.92 Å². The van der Waals surface area contributed by atoms with Crippen LogP contribution in [0.25, 0.3) is 0 Å². The molecule has 4 heteroatoms. The number of hydrogen-bond acceptors (Lipinski definition) is 3. The van der Waals surface area contributed by atoms with Crippen LogP contribution in [0.1, 0.15) is 13.8 Å². The Hall–Kier alpha value is -1.47. The van der Waals surface area contributed by atoms with E-state index in [9.17, 15) is 4.79 Å². The lowest BCUT2D eigenvalue weighted by atomic mass is 10.2. The van der Waals surface area contributed by atoms with Gasteiger partial charge in [0, 0.05) is 16.5 Å². The minimum absolute atomic E-state index is 0.00399. The van der Waals surface area contributed by atoms with Crippen LogP contribution in [0.15, 0.2) is 29.2 Å². The molecular formula is C11H12N2OS. The first-order chi connectivity index (χ1) is 7.13. The molecule has 0 fully saturated rings. The fraction of sp³-hybridized carbons (Fsp3) is 0.273. The Morgan fingerprint density at radius 2 is 2.00 bits per heavy atom. The molecule has 0 radical (unpaired) electrons. The number of rotatable bonds is 3. The first-order valence-electron chi connectivity index (χ1n) is 4.60. The smallest absolute Gasteiger partial charge is 0.226 e. The summed E-state index contributed by atoms with van der Waals surface area (Å²) in [4.78, 5) is 12.2. The van der Waals surface area contributed by atoms with Gasteiger partial charge < -0.3 is 5.32 Å². The van der Waals surface area contributed by atoms with Crippen molar-refractivity contribution in [3.05, 3.63) is 24.3 Å². The molecule has 0 bridgehead atoms. The van der Waals surface area contributed by atoms with Crippen molar-refractivity contribution >= 4 is 23.4 Å². The molecule has 0 aliphatic carbocycles. The van der Waals surface area contributed by atoms with Gasteiger partial charge in [-0.25, -0.2) is 0 Å². The summed E-state index contributed by atoms with van der Waals surface area (Å²) in [5, 5.41) is 13.2. The van der Waals surface area contributed by atoms with Gasteiger partial charge in [-0.15, -0.1) is 0 Å². The van der Waals surface area contributed by atoms with E-state index >= 15 is 0 Å². The number of nitrogens with zero attached hydrogens (tertiary/aromatic N) is 1. The van der Waals surface area contributed by atoms with E-state index in [2.05, 4.69) is 5.32 Å². The zero-order chi connectivity index (χ0) is 11.3. The molecule has 0 saturated carbocycles. The van der Waals surface area contributed by atoms with Crippen LogP contribution in [0, 0.1) is 16.6 Å². The number of nitriles is 1. The highest BCUT2D eigenvalue weighted by atomic mass is 32.2. The summed E-state index contributed by atoms with van der Waals surface area (Å²) in [6.07, 6.45) is 0. The topological polar surface area (TPSA) is 52.9 Å². The van der Waals surface area contributed by atoms with E-state index < -0.39 is 0 Å². The first-order valence-corrected chi connectivity index (χ1v) is 5.42. The summed E-state index contributed by atoms with van der Waals surface area (Å²) < 4.78 is 0. The second-order valence-corrected chi connectivity index (χ2v) is 4.22. The van der Waals surface area contributed by atoms with Crippen LogP contribution < -0.4 is 5.32 Å². The standard InChI is InChI=1S/C11H12N2OS/c1-8(2)11(14)13-9-3-5-10(6-4-9)15-7-12/h3-6,8H,1-2H3,(H,13,14). The van der Waals surface area contributed by atoms with Crippen molar-refractivity contribution in [1.29, 1.82) is 5.26 Å². The highest BCUT2D eigenvalue weighted by Gasteiger charge is 2.06. The van der Waals surface area contributed by atoms with E-state index in [0.717, 1.165) is 22.3 Å². The van der Waals surface area contributed by atoms with Crippen molar-refractivity contribution in [3.63, 3.8) is 0 Å². The van der Waals surface area contributed by atoms with Crippen LogP contribution in [0.3, 0.4) is 0 Å². The molecule has 1 rings (SSSR count). The maximum atomic E-state index is 11.4. The lowest BCUT2D eigenvalue weighted by Gasteiger charge is -2.07. The number of amides is 1. The van der Waals surface area contributed by atoms with Gasteiger partial charge in [0.25, 0.3) is 0 Å². The van der Waals surface area contributed by atoms with Crippen LogP contribution in [-0.4, -0.2) is 5.91 Å². The number of benzene rings is 1. The van der Waals surface area contributed by atoms with Crippen LogP contribution in [0.5, 0.6) is 0 Å². The monoisotopic (exact) mass is 220 g/mol. The Balaban J connectivity index is 2.65. The van der Waals surface area contributed by atoms with Gasteiger partial charge >= 0.3 is 0 Å². The third-order valence-corrected chi connectivity index (χ3v) is 2.41. The third kappa shape index (κ3) is 3.64. The number of carbonyl (C=O) groups excluding carboxylic acids is 1. The Bertz CT molecular complexity index is 379. The van der Waals surface area contributed by atoms with Crippen molar-refractivity contribution < 1.29 is 4.79 Å². The molecular weight excluding hydrogens is 208 g/mol. The molecule has 0 heterocycles. The molecule has 1 N–H and O–H groups in total. The van der Waals surface area contributed by atoms with Crippen molar-refractivity contribution in [1.82, 2.24) is 0 Å². The number of thioether (sulfide) groups is 1. The fourth-order valence-electron chi connectivity index (χ4n) is 0.946. The Kier molecular flexibility index (Phi) is 4.19. The van der Waals surface area contributed by atoms with Crippen molar-refractivity contribution in [3.8, 4) is 5.40 Å². The Labute approximate surface area is 93.5 Å². The molecule has 1 aromatic rings. The van der Waals surface area contributed by atoms with E-state index in [1.807, 2.05) is 31.4 Å². The van der Waals surface area contributed by atoms with Gasteiger partial charge in [0.15, 0.2) is 0 Å². The van der Waals surface area contributed by atoms with Gasteiger partial charge in [0.2, 0.25) is 5.91 Å². The molecule has 78 valence electrons. The molecule has 0 aliphatic rings. The minimum Gasteiger partial charge on any atom is -0.326 e. The molecule has 0 aliphatic heterocycles. The number of anilines is 1. The van der Waals surface area contributed by atoms with E-state index in [1.165, 1.54) is 0 Å². The van der Waals surface area contributed by atoms with Gasteiger partial charge in [-0.05, 0) is 36.0 Å². The molecule has 1 aromatic carbocycles. The van der Waals surface area contributed by atoms with Crippen molar-refractivity contribution in [2.75, 3.05) is 5.32 Å². The largest absolute Gasteiger partial charge is 0.326 e. The normalized spacial score (nSPS) is 9.73. The second kappa shape index (κ2) is 5.42. The molecule has 3 nitrogen and oxygen atoms in total. The molecule has 15 heavy (non-hydrogen) atoms. The minimum atomic E-state index is -0.0295. The zero-order valence-corrected chi connectivity index (χ0v) is 9.47. The van der Waals surface area contributed by atoms with Crippen molar-refractivity contribution in [2.45, 2.75) is 18.7 Å². The summed E-state index contributed by atoms with van der Waals surface area (Å²) in [7, 11) is 0. The number of carbonyl (C=O) groups is 1. The molecule has 0 atom stereocenters. The predicted molar refractivity (Wildman–Crippen MR) is 61.4 cm³/mol. The lowest BCUT2D eigenvalue weighted by Crippen LogP contribution is -2.17. The van der Waals surface area contributed by atoms with E-state index in [1.54, 1.807) is 12.1 Å². The van der Waals surface area contributed by atoms with Gasteiger partial charge in [-0.2, -0.15) is 5.26 Å². The van der Waals surface area contributed by atoms with Gasteiger partial charge in [-0.3, -0.25) is 4.79 Å². The maximum Gasteiger partial charge on any atom is 0.226 e. The summed E-state index contributed by atoms with van der Waals surface area (Å²) in [6.45, 7) is 3.68.